The van der Waals surface area contributed by atoms with Crippen molar-refractivity contribution >= 4 is 45.6 Å². The van der Waals surface area contributed by atoms with Crippen molar-refractivity contribution in [2.45, 2.75) is 33.7 Å². The summed E-state index contributed by atoms with van der Waals surface area (Å²) in [5, 5.41) is 9.06. The Hall–Kier alpha value is -3.20. The highest BCUT2D eigenvalue weighted by Gasteiger charge is 2.13. The van der Waals surface area contributed by atoms with Crippen LogP contribution in [0.1, 0.15) is 30.5 Å². The lowest BCUT2D eigenvalue weighted by Gasteiger charge is -2.11. The highest BCUT2D eigenvalue weighted by Crippen LogP contribution is 2.22. The maximum absolute atomic E-state index is 12.2. The summed E-state index contributed by atoms with van der Waals surface area (Å²) in [7, 11) is 0. The SMILES string of the molecule is Cc1ccc(NC(=O)COc2ccc(Br)cc2/C=N\NC(=O)C(=O)NC(C)C)cc1C. The molecule has 0 fully saturated rings. The highest BCUT2D eigenvalue weighted by molar-refractivity contribution is 9.10. The van der Waals surface area contributed by atoms with Crippen molar-refractivity contribution in [1.29, 1.82) is 0 Å². The minimum absolute atomic E-state index is 0.165. The topological polar surface area (TPSA) is 109 Å². The molecule has 3 N–H and O–H groups in total. The van der Waals surface area contributed by atoms with E-state index in [0.29, 0.717) is 17.0 Å². The van der Waals surface area contributed by atoms with Gasteiger partial charge in [0.2, 0.25) is 0 Å². The minimum atomic E-state index is -0.879. The summed E-state index contributed by atoms with van der Waals surface area (Å²) >= 11 is 3.36. The van der Waals surface area contributed by atoms with E-state index in [1.807, 2.05) is 32.0 Å². The number of nitrogens with one attached hydrogen (secondary N) is 3. The molecular formula is C22H25BrN4O4. The van der Waals surface area contributed by atoms with Gasteiger partial charge in [0.1, 0.15) is 5.75 Å². The number of hydrogen-bond donors (Lipinski definition) is 3. The van der Waals surface area contributed by atoms with Crippen molar-refractivity contribution in [2.24, 2.45) is 5.10 Å². The smallest absolute Gasteiger partial charge is 0.329 e. The number of hydrogen-bond acceptors (Lipinski definition) is 5. The van der Waals surface area contributed by atoms with Gasteiger partial charge in [0.25, 0.3) is 5.91 Å². The Balaban J connectivity index is 1.99. The van der Waals surface area contributed by atoms with Crippen LogP contribution in [0.3, 0.4) is 0 Å². The minimum Gasteiger partial charge on any atom is -0.483 e. The van der Waals surface area contributed by atoms with Gasteiger partial charge in [-0.3, -0.25) is 14.4 Å². The van der Waals surface area contributed by atoms with Gasteiger partial charge < -0.3 is 15.4 Å². The van der Waals surface area contributed by atoms with Crippen LogP contribution in [0.15, 0.2) is 46.0 Å². The third-order valence-electron chi connectivity index (χ3n) is 4.12. The summed E-state index contributed by atoms with van der Waals surface area (Å²) in [6.07, 6.45) is 1.34. The Morgan fingerprint density at radius 1 is 1.06 bits per heavy atom. The van der Waals surface area contributed by atoms with Crippen LogP contribution in [0.25, 0.3) is 0 Å². The lowest BCUT2D eigenvalue weighted by atomic mass is 10.1. The third-order valence-corrected chi connectivity index (χ3v) is 4.61. The zero-order chi connectivity index (χ0) is 23.0. The van der Waals surface area contributed by atoms with Gasteiger partial charge in [-0.05, 0) is 69.2 Å². The molecular weight excluding hydrogens is 464 g/mol. The summed E-state index contributed by atoms with van der Waals surface area (Å²) in [6, 6.07) is 10.6. The molecule has 2 aromatic carbocycles. The second-order valence-electron chi connectivity index (χ2n) is 7.15. The second-order valence-corrected chi connectivity index (χ2v) is 8.06. The molecule has 0 aliphatic carbocycles. The first-order valence-corrected chi connectivity index (χ1v) is 10.4. The van der Waals surface area contributed by atoms with Crippen molar-refractivity contribution in [3.8, 4) is 5.75 Å². The van der Waals surface area contributed by atoms with Crippen molar-refractivity contribution in [1.82, 2.24) is 10.7 Å². The van der Waals surface area contributed by atoms with Gasteiger partial charge in [-0.25, -0.2) is 5.43 Å². The van der Waals surface area contributed by atoms with Gasteiger partial charge in [-0.15, -0.1) is 0 Å². The number of amides is 3. The highest BCUT2D eigenvalue weighted by atomic mass is 79.9. The number of benzene rings is 2. The fourth-order valence-electron chi connectivity index (χ4n) is 2.45. The number of halogens is 1. The first-order chi connectivity index (χ1) is 14.7. The number of rotatable bonds is 7. The maximum atomic E-state index is 12.2. The number of anilines is 1. The first kappa shape index (κ1) is 24.1. The van der Waals surface area contributed by atoms with Crippen LogP contribution in [-0.4, -0.2) is 36.6 Å². The van der Waals surface area contributed by atoms with E-state index in [9.17, 15) is 14.4 Å². The molecule has 0 saturated carbocycles. The van der Waals surface area contributed by atoms with Crippen LogP contribution in [0.2, 0.25) is 0 Å². The summed E-state index contributed by atoms with van der Waals surface area (Å²) in [6.45, 7) is 7.25. The molecule has 0 bridgehead atoms. The van der Waals surface area contributed by atoms with Crippen LogP contribution in [0, 0.1) is 13.8 Å². The van der Waals surface area contributed by atoms with E-state index in [4.69, 9.17) is 4.74 Å². The average Bonchev–Trinajstić information content (AvgIpc) is 2.69. The number of hydrazone groups is 1. The van der Waals surface area contributed by atoms with Gasteiger partial charge in [-0.1, -0.05) is 22.0 Å². The standard InChI is InChI=1S/C22H25BrN4O4/c1-13(2)25-21(29)22(30)27-24-11-16-10-17(23)6-8-19(16)31-12-20(28)26-18-7-5-14(3)15(4)9-18/h5-11,13H,12H2,1-4H3,(H,25,29)(H,26,28)(H,27,30)/b24-11-. The average molecular weight is 489 g/mol. The molecule has 0 heterocycles. The van der Waals surface area contributed by atoms with E-state index < -0.39 is 11.8 Å². The molecule has 0 spiro atoms. The molecule has 9 heteroatoms. The molecule has 2 aromatic rings. The van der Waals surface area contributed by atoms with Crippen molar-refractivity contribution in [3.05, 3.63) is 57.6 Å². The quantitative estimate of drug-likeness (QED) is 0.316. The van der Waals surface area contributed by atoms with Gasteiger partial charge in [-0.2, -0.15) is 5.10 Å². The zero-order valence-electron chi connectivity index (χ0n) is 17.8. The van der Waals surface area contributed by atoms with Crippen LogP contribution in [-0.2, 0) is 14.4 Å². The van der Waals surface area contributed by atoms with E-state index in [0.717, 1.165) is 15.6 Å². The Bertz CT molecular complexity index is 1010. The third kappa shape index (κ3) is 7.86. The van der Waals surface area contributed by atoms with E-state index in [1.54, 1.807) is 32.0 Å². The first-order valence-electron chi connectivity index (χ1n) is 9.59. The predicted molar refractivity (Wildman–Crippen MR) is 123 cm³/mol. The summed E-state index contributed by atoms with van der Waals surface area (Å²) < 4.78 is 6.38. The Labute approximate surface area is 189 Å². The number of ether oxygens (including phenoxy) is 1. The van der Waals surface area contributed by atoms with Crippen LogP contribution in [0.4, 0.5) is 5.69 Å². The van der Waals surface area contributed by atoms with E-state index in [-0.39, 0.29) is 18.6 Å². The van der Waals surface area contributed by atoms with E-state index in [1.165, 1.54) is 6.21 Å². The largest absolute Gasteiger partial charge is 0.483 e. The van der Waals surface area contributed by atoms with Gasteiger partial charge in [0.15, 0.2) is 6.61 Å². The lowest BCUT2D eigenvalue weighted by Crippen LogP contribution is -2.41. The Kier molecular flexibility index (Phi) is 8.75. The molecule has 0 unspecified atom stereocenters. The molecule has 31 heavy (non-hydrogen) atoms. The molecule has 0 atom stereocenters. The van der Waals surface area contributed by atoms with Gasteiger partial charge in [0, 0.05) is 21.8 Å². The second kappa shape index (κ2) is 11.3. The molecule has 8 nitrogen and oxygen atoms in total. The Morgan fingerprint density at radius 3 is 2.48 bits per heavy atom. The van der Waals surface area contributed by atoms with Crippen molar-refractivity contribution in [2.75, 3.05) is 11.9 Å². The van der Waals surface area contributed by atoms with Crippen molar-refractivity contribution in [3.63, 3.8) is 0 Å². The number of carbonyl (C=O) groups is 3. The molecule has 0 aliphatic heterocycles. The number of aryl methyl sites for hydroxylation is 2. The van der Waals surface area contributed by atoms with Crippen LogP contribution in [0.5, 0.6) is 5.75 Å². The monoisotopic (exact) mass is 488 g/mol. The number of nitrogens with zero attached hydrogens (tertiary/aromatic N) is 1. The van der Waals surface area contributed by atoms with Gasteiger partial charge >= 0.3 is 11.8 Å². The summed E-state index contributed by atoms with van der Waals surface area (Å²) in [5.41, 5.74) is 5.58. The van der Waals surface area contributed by atoms with E-state index in [2.05, 4.69) is 37.1 Å². The molecule has 0 radical (unpaired) electrons. The molecule has 0 aliphatic rings. The fourth-order valence-corrected chi connectivity index (χ4v) is 2.83. The van der Waals surface area contributed by atoms with Gasteiger partial charge in [0.05, 0.1) is 6.21 Å². The lowest BCUT2D eigenvalue weighted by molar-refractivity contribution is -0.139. The summed E-state index contributed by atoms with van der Waals surface area (Å²) in [5.74, 6) is -1.58. The fraction of sp³-hybridized carbons (Fsp3) is 0.273. The van der Waals surface area contributed by atoms with Crippen LogP contribution >= 0.6 is 15.9 Å². The molecule has 2 rings (SSSR count). The van der Waals surface area contributed by atoms with Crippen LogP contribution < -0.4 is 20.8 Å². The normalized spacial score (nSPS) is 10.8. The molecule has 164 valence electrons. The molecule has 0 saturated heterocycles. The van der Waals surface area contributed by atoms with E-state index >= 15 is 0 Å². The molecule has 3 amide bonds. The zero-order valence-corrected chi connectivity index (χ0v) is 19.4. The Morgan fingerprint density at radius 2 is 1.81 bits per heavy atom. The maximum Gasteiger partial charge on any atom is 0.329 e. The van der Waals surface area contributed by atoms with Crippen molar-refractivity contribution < 1.29 is 19.1 Å². The molecule has 0 aromatic heterocycles. The number of carbonyl (C=O) groups excluding carboxylic acids is 3. The predicted octanol–water partition coefficient (Wildman–Crippen LogP) is 3.06. The summed E-state index contributed by atoms with van der Waals surface area (Å²) in [4.78, 5) is 35.6.